The molecule has 2 aromatic carbocycles. The molecule has 0 radical (unpaired) electrons. The van der Waals surface area contributed by atoms with Crippen molar-refractivity contribution < 1.29 is 24.2 Å². The predicted octanol–water partition coefficient (Wildman–Crippen LogP) is 3.32. The largest absolute Gasteiger partial charge is 0.475 e. The third-order valence-corrected chi connectivity index (χ3v) is 5.95. The summed E-state index contributed by atoms with van der Waals surface area (Å²) < 4.78 is 10.8. The fraction of sp³-hybridized carbons (Fsp3) is 0.346. The van der Waals surface area contributed by atoms with E-state index in [0.717, 1.165) is 29.2 Å². The number of hydrogen-bond acceptors (Lipinski definition) is 6. The zero-order chi connectivity index (χ0) is 23.9. The van der Waals surface area contributed by atoms with Crippen LogP contribution in [0.2, 0.25) is 0 Å². The smallest absolute Gasteiger partial charge is 0.272 e. The van der Waals surface area contributed by atoms with Crippen LogP contribution in [-0.4, -0.2) is 54.9 Å². The normalized spacial score (nSPS) is 14.1. The van der Waals surface area contributed by atoms with Crippen molar-refractivity contribution in [3.05, 3.63) is 65.4 Å². The number of aliphatic hydroxyl groups is 1. The Kier molecular flexibility index (Phi) is 7.72. The summed E-state index contributed by atoms with van der Waals surface area (Å²) >= 11 is 0. The van der Waals surface area contributed by atoms with E-state index >= 15 is 0 Å². The molecule has 0 atom stereocenters. The summed E-state index contributed by atoms with van der Waals surface area (Å²) in [6, 6.07) is 14.6. The molecule has 0 saturated carbocycles. The van der Waals surface area contributed by atoms with Gasteiger partial charge in [-0.05, 0) is 54.2 Å². The number of carbonyl (C=O) groups excluding carboxylic acids is 2. The van der Waals surface area contributed by atoms with Crippen molar-refractivity contribution >= 4 is 28.3 Å². The van der Waals surface area contributed by atoms with Gasteiger partial charge in [0.25, 0.3) is 11.8 Å². The lowest BCUT2D eigenvalue weighted by Gasteiger charge is -2.22. The molecule has 2 heterocycles. The molecular weight excluding hydrogens is 434 g/mol. The first kappa shape index (κ1) is 23.7. The number of benzene rings is 2. The van der Waals surface area contributed by atoms with Gasteiger partial charge in [0.2, 0.25) is 5.88 Å². The molecule has 0 bridgehead atoms. The number of rotatable bonds is 8. The Labute approximate surface area is 198 Å². The molecule has 1 saturated heterocycles. The molecule has 1 fully saturated rings. The van der Waals surface area contributed by atoms with Gasteiger partial charge in [0.05, 0.1) is 12.3 Å². The second-order valence-electron chi connectivity index (χ2n) is 8.31. The standard InChI is InChI=1S/C26H29N3O5/c1-17-6-7-21(20-5-3-2-4-19(17)20)25(31)28-22-8-9-23(34-15-12-30)29-24(22)26(32)27-16-18-10-13-33-14-11-18/h2-9,18,30H,10-16H2,1H3,(H,27,32)(H,28,31). The lowest BCUT2D eigenvalue weighted by atomic mass is 10.00. The van der Waals surface area contributed by atoms with Crippen LogP contribution < -0.4 is 15.4 Å². The molecule has 0 spiro atoms. The van der Waals surface area contributed by atoms with Gasteiger partial charge in [0.15, 0.2) is 5.69 Å². The average Bonchev–Trinajstić information content (AvgIpc) is 2.87. The van der Waals surface area contributed by atoms with Crippen LogP contribution in [0, 0.1) is 12.8 Å². The number of hydrogen-bond donors (Lipinski definition) is 3. The van der Waals surface area contributed by atoms with Crippen molar-refractivity contribution in [3.63, 3.8) is 0 Å². The minimum atomic E-state index is -0.398. The predicted molar refractivity (Wildman–Crippen MR) is 129 cm³/mol. The van der Waals surface area contributed by atoms with Crippen LogP contribution in [0.1, 0.15) is 39.3 Å². The molecule has 1 aliphatic rings. The molecule has 8 heteroatoms. The third-order valence-electron chi connectivity index (χ3n) is 5.95. The molecule has 3 N–H and O–H groups in total. The first-order valence-corrected chi connectivity index (χ1v) is 11.5. The number of aliphatic hydroxyl groups excluding tert-OH is 1. The number of ether oxygens (including phenoxy) is 2. The molecule has 0 unspecified atom stereocenters. The number of aryl methyl sites for hydroxylation is 1. The minimum Gasteiger partial charge on any atom is -0.475 e. The number of carbonyl (C=O) groups is 2. The van der Waals surface area contributed by atoms with Crippen molar-refractivity contribution in [1.29, 1.82) is 0 Å². The lowest BCUT2D eigenvalue weighted by molar-refractivity contribution is 0.0642. The van der Waals surface area contributed by atoms with E-state index in [4.69, 9.17) is 14.6 Å². The Morgan fingerprint density at radius 2 is 1.82 bits per heavy atom. The second kappa shape index (κ2) is 11.1. The van der Waals surface area contributed by atoms with Gasteiger partial charge in [-0.2, -0.15) is 0 Å². The number of pyridine rings is 1. The summed E-state index contributed by atoms with van der Waals surface area (Å²) in [6.07, 6.45) is 1.77. The highest BCUT2D eigenvalue weighted by Gasteiger charge is 2.21. The van der Waals surface area contributed by atoms with Crippen molar-refractivity contribution in [2.75, 3.05) is 38.3 Å². The maximum absolute atomic E-state index is 13.2. The van der Waals surface area contributed by atoms with E-state index in [9.17, 15) is 9.59 Å². The van der Waals surface area contributed by atoms with E-state index < -0.39 is 5.91 Å². The molecule has 4 rings (SSSR count). The molecule has 34 heavy (non-hydrogen) atoms. The first-order chi connectivity index (χ1) is 16.6. The number of amides is 2. The van der Waals surface area contributed by atoms with Crippen LogP contribution in [-0.2, 0) is 4.74 Å². The van der Waals surface area contributed by atoms with Crippen molar-refractivity contribution in [3.8, 4) is 5.88 Å². The maximum atomic E-state index is 13.2. The van der Waals surface area contributed by atoms with Crippen LogP contribution in [0.15, 0.2) is 48.5 Å². The van der Waals surface area contributed by atoms with Crippen LogP contribution in [0.5, 0.6) is 5.88 Å². The SMILES string of the molecule is Cc1ccc(C(=O)Nc2ccc(OCCO)nc2C(=O)NCC2CCOCC2)c2ccccc12. The van der Waals surface area contributed by atoms with Crippen LogP contribution in [0.25, 0.3) is 10.8 Å². The Morgan fingerprint density at radius 1 is 1.06 bits per heavy atom. The van der Waals surface area contributed by atoms with Gasteiger partial charge in [-0.25, -0.2) is 4.98 Å². The van der Waals surface area contributed by atoms with E-state index in [1.165, 1.54) is 0 Å². The van der Waals surface area contributed by atoms with E-state index in [1.54, 1.807) is 18.2 Å². The van der Waals surface area contributed by atoms with Gasteiger partial charge in [-0.3, -0.25) is 9.59 Å². The molecule has 1 aromatic heterocycles. The van der Waals surface area contributed by atoms with E-state index in [0.29, 0.717) is 31.2 Å². The van der Waals surface area contributed by atoms with Gasteiger partial charge in [0.1, 0.15) is 6.61 Å². The molecule has 3 aromatic rings. The number of nitrogens with zero attached hydrogens (tertiary/aromatic N) is 1. The highest BCUT2D eigenvalue weighted by atomic mass is 16.5. The zero-order valence-electron chi connectivity index (χ0n) is 19.2. The topological polar surface area (TPSA) is 110 Å². The fourth-order valence-corrected chi connectivity index (χ4v) is 4.05. The Morgan fingerprint density at radius 3 is 2.59 bits per heavy atom. The summed E-state index contributed by atoms with van der Waals surface area (Å²) in [5.74, 6) is -0.196. The van der Waals surface area contributed by atoms with E-state index in [2.05, 4.69) is 15.6 Å². The molecule has 2 amide bonds. The molecule has 0 aliphatic carbocycles. The second-order valence-corrected chi connectivity index (χ2v) is 8.31. The summed E-state index contributed by atoms with van der Waals surface area (Å²) in [6.45, 7) is 3.76. The minimum absolute atomic E-state index is 0.0528. The van der Waals surface area contributed by atoms with Gasteiger partial charge < -0.3 is 25.2 Å². The summed E-state index contributed by atoms with van der Waals surface area (Å²) in [5, 5.41) is 16.7. The van der Waals surface area contributed by atoms with Crippen LogP contribution in [0.3, 0.4) is 0 Å². The molecular formula is C26H29N3O5. The van der Waals surface area contributed by atoms with E-state index in [-0.39, 0.29) is 36.4 Å². The third kappa shape index (κ3) is 5.52. The maximum Gasteiger partial charge on any atom is 0.272 e. The highest BCUT2D eigenvalue weighted by molar-refractivity contribution is 6.15. The zero-order valence-corrected chi connectivity index (χ0v) is 19.2. The number of aromatic nitrogens is 1. The molecule has 1 aliphatic heterocycles. The average molecular weight is 464 g/mol. The summed E-state index contributed by atoms with van der Waals surface area (Å²) in [5.41, 5.74) is 1.94. The number of fused-ring (bicyclic) bond motifs is 1. The van der Waals surface area contributed by atoms with Gasteiger partial charge in [0, 0.05) is 31.4 Å². The van der Waals surface area contributed by atoms with Crippen LogP contribution in [0.4, 0.5) is 5.69 Å². The number of nitrogens with one attached hydrogen (secondary N) is 2. The van der Waals surface area contributed by atoms with E-state index in [1.807, 2.05) is 37.3 Å². The van der Waals surface area contributed by atoms with Crippen molar-refractivity contribution in [1.82, 2.24) is 10.3 Å². The van der Waals surface area contributed by atoms with Crippen molar-refractivity contribution in [2.45, 2.75) is 19.8 Å². The van der Waals surface area contributed by atoms with Gasteiger partial charge >= 0.3 is 0 Å². The van der Waals surface area contributed by atoms with Crippen LogP contribution >= 0.6 is 0 Å². The molecule has 8 nitrogen and oxygen atoms in total. The summed E-state index contributed by atoms with van der Waals surface area (Å²) in [7, 11) is 0. The van der Waals surface area contributed by atoms with Gasteiger partial charge in [-0.15, -0.1) is 0 Å². The van der Waals surface area contributed by atoms with Gasteiger partial charge in [-0.1, -0.05) is 30.3 Å². The Bertz CT molecular complexity index is 1170. The highest BCUT2D eigenvalue weighted by Crippen LogP contribution is 2.25. The monoisotopic (exact) mass is 463 g/mol. The number of anilines is 1. The summed E-state index contributed by atoms with van der Waals surface area (Å²) in [4.78, 5) is 30.6. The Balaban J connectivity index is 1.58. The Hall–Kier alpha value is -3.49. The quantitative estimate of drug-likeness (QED) is 0.473. The van der Waals surface area contributed by atoms with Crippen molar-refractivity contribution in [2.24, 2.45) is 5.92 Å². The molecule has 178 valence electrons. The lowest BCUT2D eigenvalue weighted by Crippen LogP contribution is -2.33. The first-order valence-electron chi connectivity index (χ1n) is 11.5. The fourth-order valence-electron chi connectivity index (χ4n) is 4.05.